The number of nitrogens with zero attached hydrogens (tertiary/aromatic N) is 6. The van der Waals surface area contributed by atoms with Crippen LogP contribution in [0.5, 0.6) is 0 Å². The number of ether oxygens (including phenoxy) is 1. The summed E-state index contributed by atoms with van der Waals surface area (Å²) < 4.78 is 6.25. The van der Waals surface area contributed by atoms with Crippen molar-refractivity contribution in [2.75, 3.05) is 6.61 Å². The summed E-state index contributed by atoms with van der Waals surface area (Å²) in [6.07, 6.45) is 1.56. The Kier molecular flexibility index (Phi) is 3.40. The maximum Gasteiger partial charge on any atom is 0.327 e. The third kappa shape index (κ3) is 2.23. The SMILES string of the molecule is CCOC(=O)Cn1nc(N=[N+]=[N-])c2ncccc21. The molecule has 0 spiro atoms. The zero-order chi connectivity index (χ0) is 13.0. The maximum absolute atomic E-state index is 11.4. The topological polar surface area (TPSA) is 106 Å². The van der Waals surface area contributed by atoms with E-state index in [2.05, 4.69) is 20.1 Å². The van der Waals surface area contributed by atoms with E-state index in [1.807, 2.05) is 0 Å². The van der Waals surface area contributed by atoms with Crippen molar-refractivity contribution in [3.8, 4) is 0 Å². The van der Waals surface area contributed by atoms with Crippen LogP contribution in [0.2, 0.25) is 0 Å². The minimum atomic E-state index is -0.404. The average Bonchev–Trinajstić information content (AvgIpc) is 2.69. The van der Waals surface area contributed by atoms with Gasteiger partial charge in [0, 0.05) is 11.1 Å². The molecule has 92 valence electrons. The number of hydrogen-bond donors (Lipinski definition) is 0. The van der Waals surface area contributed by atoms with Crippen molar-refractivity contribution in [2.24, 2.45) is 5.11 Å². The largest absolute Gasteiger partial charge is 0.465 e. The van der Waals surface area contributed by atoms with Crippen LogP contribution in [0.25, 0.3) is 21.5 Å². The van der Waals surface area contributed by atoms with E-state index < -0.39 is 5.97 Å². The van der Waals surface area contributed by atoms with E-state index in [1.54, 1.807) is 25.3 Å². The summed E-state index contributed by atoms with van der Waals surface area (Å²) in [5.74, 6) is -0.254. The van der Waals surface area contributed by atoms with Gasteiger partial charge in [0.1, 0.15) is 12.1 Å². The second-order valence-electron chi connectivity index (χ2n) is 3.35. The number of aromatic nitrogens is 3. The fourth-order valence-corrected chi connectivity index (χ4v) is 1.55. The van der Waals surface area contributed by atoms with Crippen LogP contribution >= 0.6 is 0 Å². The van der Waals surface area contributed by atoms with Gasteiger partial charge in [-0.25, -0.2) is 0 Å². The molecule has 2 rings (SSSR count). The van der Waals surface area contributed by atoms with E-state index in [-0.39, 0.29) is 12.4 Å². The van der Waals surface area contributed by atoms with Crippen molar-refractivity contribution in [3.63, 3.8) is 0 Å². The number of pyridine rings is 1. The summed E-state index contributed by atoms with van der Waals surface area (Å²) >= 11 is 0. The third-order valence-corrected chi connectivity index (χ3v) is 2.22. The van der Waals surface area contributed by atoms with Crippen molar-refractivity contribution in [2.45, 2.75) is 13.5 Å². The number of azide groups is 1. The fraction of sp³-hybridized carbons (Fsp3) is 0.300. The van der Waals surface area contributed by atoms with Crippen molar-refractivity contribution in [3.05, 3.63) is 28.8 Å². The Balaban J connectivity index is 2.44. The Labute approximate surface area is 102 Å². The molecule has 0 atom stereocenters. The number of hydrogen-bond acceptors (Lipinski definition) is 5. The summed E-state index contributed by atoms with van der Waals surface area (Å²) in [6, 6.07) is 3.45. The highest BCUT2D eigenvalue weighted by Crippen LogP contribution is 2.22. The minimum Gasteiger partial charge on any atom is -0.465 e. The predicted octanol–water partition coefficient (Wildman–Crippen LogP) is 1.94. The van der Waals surface area contributed by atoms with Gasteiger partial charge in [0.2, 0.25) is 0 Å². The highest BCUT2D eigenvalue weighted by molar-refractivity contribution is 5.85. The smallest absolute Gasteiger partial charge is 0.327 e. The van der Waals surface area contributed by atoms with Gasteiger partial charge >= 0.3 is 5.97 Å². The highest BCUT2D eigenvalue weighted by Gasteiger charge is 2.13. The van der Waals surface area contributed by atoms with Crippen LogP contribution in [0.15, 0.2) is 23.4 Å². The van der Waals surface area contributed by atoms with Crippen LogP contribution in [0.1, 0.15) is 6.92 Å². The van der Waals surface area contributed by atoms with Crippen molar-refractivity contribution in [1.82, 2.24) is 14.8 Å². The maximum atomic E-state index is 11.4. The minimum absolute atomic E-state index is 0.0447. The molecule has 0 unspecified atom stereocenters. The van der Waals surface area contributed by atoms with Crippen LogP contribution < -0.4 is 0 Å². The monoisotopic (exact) mass is 246 g/mol. The molecule has 18 heavy (non-hydrogen) atoms. The molecule has 0 saturated heterocycles. The van der Waals surface area contributed by atoms with Gasteiger partial charge in [-0.2, -0.15) is 5.10 Å². The Bertz CT molecular complexity index is 628. The predicted molar refractivity (Wildman–Crippen MR) is 63.0 cm³/mol. The summed E-state index contributed by atoms with van der Waals surface area (Å²) in [6.45, 7) is 1.99. The molecule has 0 amide bonds. The van der Waals surface area contributed by atoms with Gasteiger partial charge in [-0.05, 0) is 29.7 Å². The third-order valence-electron chi connectivity index (χ3n) is 2.22. The highest BCUT2D eigenvalue weighted by atomic mass is 16.5. The van der Waals surface area contributed by atoms with Crippen LogP contribution in [0.3, 0.4) is 0 Å². The number of esters is 1. The Hall–Kier alpha value is -2.60. The van der Waals surface area contributed by atoms with Gasteiger partial charge in [-0.15, -0.1) is 0 Å². The molecule has 0 aliphatic carbocycles. The average molecular weight is 246 g/mol. The van der Waals surface area contributed by atoms with E-state index in [4.69, 9.17) is 10.3 Å². The molecule has 0 N–H and O–H groups in total. The van der Waals surface area contributed by atoms with E-state index >= 15 is 0 Å². The van der Waals surface area contributed by atoms with E-state index in [1.165, 1.54) is 4.68 Å². The number of carbonyl (C=O) groups excluding carboxylic acids is 1. The Morgan fingerprint density at radius 1 is 1.67 bits per heavy atom. The van der Waals surface area contributed by atoms with Crippen molar-refractivity contribution in [1.29, 1.82) is 0 Å². The first-order valence-corrected chi connectivity index (χ1v) is 5.28. The molecular formula is C10H10N6O2. The lowest BCUT2D eigenvalue weighted by Gasteiger charge is -2.02. The molecule has 8 heteroatoms. The van der Waals surface area contributed by atoms with E-state index in [9.17, 15) is 4.79 Å². The van der Waals surface area contributed by atoms with E-state index in [0.29, 0.717) is 17.6 Å². The van der Waals surface area contributed by atoms with Gasteiger partial charge in [0.25, 0.3) is 0 Å². The summed E-state index contributed by atoms with van der Waals surface area (Å²) in [4.78, 5) is 18.2. The number of rotatable bonds is 4. The molecule has 0 bridgehead atoms. The zero-order valence-electron chi connectivity index (χ0n) is 9.65. The quantitative estimate of drug-likeness (QED) is 0.355. The summed E-state index contributed by atoms with van der Waals surface area (Å²) in [5, 5.41) is 7.48. The van der Waals surface area contributed by atoms with Crippen LogP contribution in [-0.2, 0) is 16.1 Å². The first-order chi connectivity index (χ1) is 8.76. The second kappa shape index (κ2) is 5.15. The number of fused-ring (bicyclic) bond motifs is 1. The lowest BCUT2D eigenvalue weighted by atomic mass is 10.4. The molecule has 2 aromatic heterocycles. The van der Waals surface area contributed by atoms with Gasteiger partial charge in [0.05, 0.1) is 12.1 Å². The lowest BCUT2D eigenvalue weighted by Crippen LogP contribution is -2.14. The fourth-order valence-electron chi connectivity index (χ4n) is 1.55. The number of carbonyl (C=O) groups is 1. The summed E-state index contributed by atoms with van der Waals surface area (Å²) in [5.41, 5.74) is 9.52. The first kappa shape index (κ1) is 11.9. The van der Waals surface area contributed by atoms with Crippen molar-refractivity contribution >= 4 is 22.8 Å². The van der Waals surface area contributed by atoms with Gasteiger partial charge in [0.15, 0.2) is 5.82 Å². The first-order valence-electron chi connectivity index (χ1n) is 5.28. The molecule has 2 heterocycles. The molecule has 0 fully saturated rings. The second-order valence-corrected chi connectivity index (χ2v) is 3.35. The van der Waals surface area contributed by atoms with Crippen LogP contribution in [0, 0.1) is 0 Å². The van der Waals surface area contributed by atoms with Crippen LogP contribution in [-0.4, -0.2) is 27.3 Å². The van der Waals surface area contributed by atoms with Gasteiger partial charge in [-0.3, -0.25) is 14.5 Å². The molecule has 2 aromatic rings. The zero-order valence-corrected chi connectivity index (χ0v) is 9.65. The lowest BCUT2D eigenvalue weighted by molar-refractivity contribution is -0.143. The normalized spacial score (nSPS) is 10.1. The molecule has 0 aliphatic rings. The van der Waals surface area contributed by atoms with Gasteiger partial charge in [-0.1, -0.05) is 0 Å². The molecular weight excluding hydrogens is 236 g/mol. The van der Waals surface area contributed by atoms with Crippen molar-refractivity contribution < 1.29 is 9.53 Å². The van der Waals surface area contributed by atoms with E-state index in [0.717, 1.165) is 0 Å². The Morgan fingerprint density at radius 2 is 2.50 bits per heavy atom. The molecule has 0 aromatic carbocycles. The molecule has 0 saturated carbocycles. The summed E-state index contributed by atoms with van der Waals surface area (Å²) in [7, 11) is 0. The standard InChI is InChI=1S/C10H10N6O2/c1-2-18-8(17)6-16-7-4-3-5-12-9(7)10(14-16)13-15-11/h3-5H,2,6H2,1H3. The molecule has 0 radical (unpaired) electrons. The molecule has 0 aliphatic heterocycles. The van der Waals surface area contributed by atoms with Crippen LogP contribution in [0.4, 0.5) is 5.82 Å². The molecule has 8 nitrogen and oxygen atoms in total. The van der Waals surface area contributed by atoms with Gasteiger partial charge < -0.3 is 4.74 Å². The Morgan fingerprint density at radius 3 is 3.22 bits per heavy atom.